The maximum absolute atomic E-state index is 12.6. The molecule has 3 rings (SSSR count). The van der Waals surface area contributed by atoms with Crippen LogP contribution >= 0.6 is 0 Å². The van der Waals surface area contributed by atoms with Crippen molar-refractivity contribution < 1.29 is 14.3 Å². The highest BCUT2D eigenvalue weighted by molar-refractivity contribution is 5.92. The molecule has 1 saturated heterocycles. The second kappa shape index (κ2) is 9.21. The lowest BCUT2D eigenvalue weighted by Crippen LogP contribution is -2.50. The Morgan fingerprint density at radius 2 is 1.71 bits per heavy atom. The van der Waals surface area contributed by atoms with Gasteiger partial charge in [0.2, 0.25) is 0 Å². The van der Waals surface area contributed by atoms with Crippen molar-refractivity contribution in [1.82, 2.24) is 14.8 Å². The molecule has 1 fully saturated rings. The van der Waals surface area contributed by atoms with E-state index in [1.54, 1.807) is 29.0 Å². The van der Waals surface area contributed by atoms with E-state index in [4.69, 9.17) is 4.74 Å². The van der Waals surface area contributed by atoms with Crippen LogP contribution in [-0.2, 0) is 11.3 Å². The molecule has 2 aromatic rings. The molecule has 1 aliphatic rings. The van der Waals surface area contributed by atoms with Crippen LogP contribution < -0.4 is 5.32 Å². The van der Waals surface area contributed by atoms with Gasteiger partial charge in [-0.05, 0) is 31.5 Å². The van der Waals surface area contributed by atoms with Gasteiger partial charge in [0.15, 0.2) is 0 Å². The fraction of sp³-hybridized carbons (Fsp3) is 0.381. The predicted molar refractivity (Wildman–Crippen MR) is 107 cm³/mol. The highest BCUT2D eigenvalue weighted by atomic mass is 16.6. The Morgan fingerprint density at radius 3 is 2.32 bits per heavy atom. The third kappa shape index (κ3) is 5.00. The molecule has 0 unspecified atom stereocenters. The number of carbonyl (C=O) groups excluding carboxylic acids is 2. The number of benzene rings is 1. The monoisotopic (exact) mass is 382 g/mol. The van der Waals surface area contributed by atoms with Crippen LogP contribution in [0.1, 0.15) is 28.5 Å². The first-order valence-electron chi connectivity index (χ1n) is 9.53. The van der Waals surface area contributed by atoms with Crippen molar-refractivity contribution in [2.75, 3.05) is 38.1 Å². The van der Waals surface area contributed by atoms with E-state index in [9.17, 15) is 9.59 Å². The zero-order valence-electron chi connectivity index (χ0n) is 16.4. The first-order chi connectivity index (χ1) is 13.6. The Labute approximate surface area is 165 Å². The van der Waals surface area contributed by atoms with Gasteiger partial charge in [-0.25, -0.2) is 9.78 Å². The third-order valence-corrected chi connectivity index (χ3v) is 4.69. The zero-order chi connectivity index (χ0) is 19.9. The Hall–Kier alpha value is -3.09. The molecule has 2 amide bonds. The summed E-state index contributed by atoms with van der Waals surface area (Å²) < 4.78 is 5.00. The van der Waals surface area contributed by atoms with E-state index in [1.165, 1.54) is 11.1 Å². The molecule has 0 saturated carbocycles. The zero-order valence-corrected chi connectivity index (χ0v) is 16.4. The average Bonchev–Trinajstić information content (AvgIpc) is 2.73. The summed E-state index contributed by atoms with van der Waals surface area (Å²) >= 11 is 0. The molecular formula is C21H26N4O3. The number of aromatic nitrogens is 1. The predicted octanol–water partition coefficient (Wildman–Crippen LogP) is 2.92. The number of nitrogens with one attached hydrogen (secondary N) is 1. The van der Waals surface area contributed by atoms with Gasteiger partial charge < -0.3 is 19.9 Å². The average molecular weight is 382 g/mol. The van der Waals surface area contributed by atoms with Crippen LogP contribution in [0.3, 0.4) is 0 Å². The van der Waals surface area contributed by atoms with Gasteiger partial charge in [-0.2, -0.15) is 0 Å². The van der Waals surface area contributed by atoms with Crippen molar-refractivity contribution in [2.45, 2.75) is 20.4 Å². The van der Waals surface area contributed by atoms with Crippen molar-refractivity contribution in [2.24, 2.45) is 0 Å². The van der Waals surface area contributed by atoms with Gasteiger partial charge in [-0.3, -0.25) is 4.79 Å². The minimum atomic E-state index is -0.322. The Bertz CT molecular complexity index is 797. The van der Waals surface area contributed by atoms with Gasteiger partial charge in [0, 0.05) is 32.7 Å². The van der Waals surface area contributed by atoms with Crippen molar-refractivity contribution >= 4 is 17.7 Å². The quantitative estimate of drug-likeness (QED) is 0.861. The molecule has 1 aromatic heterocycles. The van der Waals surface area contributed by atoms with Crippen LogP contribution in [0.5, 0.6) is 0 Å². The highest BCUT2D eigenvalue weighted by Gasteiger charge is 2.25. The minimum Gasteiger partial charge on any atom is -0.450 e. The molecule has 2 heterocycles. The van der Waals surface area contributed by atoms with Crippen LogP contribution in [0.2, 0.25) is 0 Å². The lowest BCUT2D eigenvalue weighted by atomic mass is 10.1. The number of ether oxygens (including phenoxy) is 1. The van der Waals surface area contributed by atoms with Crippen LogP contribution in [0.4, 0.5) is 10.5 Å². The van der Waals surface area contributed by atoms with Crippen molar-refractivity contribution in [3.05, 3.63) is 59.4 Å². The van der Waals surface area contributed by atoms with Crippen molar-refractivity contribution in [3.63, 3.8) is 0 Å². The third-order valence-electron chi connectivity index (χ3n) is 4.69. The second-order valence-corrected chi connectivity index (χ2v) is 6.75. The number of pyridine rings is 1. The molecule has 1 aliphatic heterocycles. The number of amides is 2. The lowest BCUT2D eigenvalue weighted by Gasteiger charge is -2.33. The molecule has 28 heavy (non-hydrogen) atoms. The normalized spacial score (nSPS) is 13.9. The highest BCUT2D eigenvalue weighted by Crippen LogP contribution is 2.12. The standard InChI is InChI=1S/C21H26N4O3/c1-3-28-21(27)25-12-10-24(11-13-25)20(26)19-9-8-18(15-23-19)22-14-17-6-4-16(2)5-7-17/h4-9,15,22H,3,10-14H2,1-2H3. The van der Waals surface area contributed by atoms with Gasteiger partial charge in [-0.1, -0.05) is 29.8 Å². The number of piperazine rings is 1. The Kier molecular flexibility index (Phi) is 6.47. The van der Waals surface area contributed by atoms with E-state index >= 15 is 0 Å². The van der Waals surface area contributed by atoms with E-state index in [0.29, 0.717) is 45.0 Å². The van der Waals surface area contributed by atoms with E-state index in [-0.39, 0.29) is 12.0 Å². The number of rotatable bonds is 5. The summed E-state index contributed by atoms with van der Waals surface area (Å²) in [5, 5.41) is 3.31. The Balaban J connectivity index is 1.51. The summed E-state index contributed by atoms with van der Waals surface area (Å²) in [6.45, 7) is 6.80. The molecule has 0 radical (unpaired) electrons. The fourth-order valence-corrected chi connectivity index (χ4v) is 3.00. The molecule has 148 valence electrons. The summed E-state index contributed by atoms with van der Waals surface area (Å²) in [6.07, 6.45) is 1.35. The van der Waals surface area contributed by atoms with Crippen LogP contribution in [0.25, 0.3) is 0 Å². The van der Waals surface area contributed by atoms with Crippen LogP contribution in [0, 0.1) is 6.92 Å². The van der Waals surface area contributed by atoms with Crippen LogP contribution in [0.15, 0.2) is 42.6 Å². The summed E-state index contributed by atoms with van der Waals surface area (Å²) in [5.74, 6) is -0.117. The molecule has 7 nitrogen and oxygen atoms in total. The SMILES string of the molecule is CCOC(=O)N1CCN(C(=O)c2ccc(NCc3ccc(C)cc3)cn2)CC1. The Morgan fingerprint density at radius 1 is 1.04 bits per heavy atom. The molecular weight excluding hydrogens is 356 g/mol. The molecule has 1 aromatic carbocycles. The molecule has 0 bridgehead atoms. The van der Waals surface area contributed by atoms with E-state index in [1.807, 2.05) is 6.07 Å². The van der Waals surface area contributed by atoms with Crippen molar-refractivity contribution in [3.8, 4) is 0 Å². The molecule has 0 atom stereocenters. The summed E-state index contributed by atoms with van der Waals surface area (Å²) in [7, 11) is 0. The van der Waals surface area contributed by atoms with Crippen LogP contribution in [-0.4, -0.2) is 59.6 Å². The smallest absolute Gasteiger partial charge is 0.409 e. The van der Waals surface area contributed by atoms with E-state index in [0.717, 1.165) is 5.69 Å². The second-order valence-electron chi connectivity index (χ2n) is 6.75. The maximum Gasteiger partial charge on any atom is 0.409 e. The molecule has 0 spiro atoms. The lowest BCUT2D eigenvalue weighted by molar-refractivity contribution is 0.0566. The number of anilines is 1. The molecule has 1 N–H and O–H groups in total. The number of hydrogen-bond donors (Lipinski definition) is 1. The molecule has 7 heteroatoms. The summed E-state index contributed by atoms with van der Waals surface area (Å²) in [5.41, 5.74) is 3.69. The fourth-order valence-electron chi connectivity index (χ4n) is 3.00. The number of aryl methyl sites for hydroxylation is 1. The summed E-state index contributed by atoms with van der Waals surface area (Å²) in [6, 6.07) is 11.9. The van der Waals surface area contributed by atoms with Gasteiger partial charge in [0.25, 0.3) is 5.91 Å². The first-order valence-corrected chi connectivity index (χ1v) is 9.53. The maximum atomic E-state index is 12.6. The number of nitrogens with zero attached hydrogens (tertiary/aromatic N) is 3. The van der Waals surface area contributed by atoms with E-state index < -0.39 is 0 Å². The van der Waals surface area contributed by atoms with Gasteiger partial charge in [0.1, 0.15) is 5.69 Å². The van der Waals surface area contributed by atoms with Gasteiger partial charge in [0.05, 0.1) is 18.5 Å². The van der Waals surface area contributed by atoms with Gasteiger partial charge >= 0.3 is 6.09 Å². The largest absolute Gasteiger partial charge is 0.450 e. The topological polar surface area (TPSA) is 74.8 Å². The number of carbonyl (C=O) groups is 2. The summed E-state index contributed by atoms with van der Waals surface area (Å²) in [4.78, 5) is 32.0. The first kappa shape index (κ1) is 19.7. The number of hydrogen-bond acceptors (Lipinski definition) is 5. The van der Waals surface area contributed by atoms with Crippen molar-refractivity contribution in [1.29, 1.82) is 0 Å². The van der Waals surface area contributed by atoms with Gasteiger partial charge in [-0.15, -0.1) is 0 Å². The van der Waals surface area contributed by atoms with E-state index in [2.05, 4.69) is 41.5 Å². The molecule has 0 aliphatic carbocycles. The minimum absolute atomic E-state index is 0.117.